The summed E-state index contributed by atoms with van der Waals surface area (Å²) in [5.74, 6) is -1.11. The van der Waals surface area contributed by atoms with Crippen molar-refractivity contribution in [1.82, 2.24) is 9.36 Å². The fourth-order valence-corrected chi connectivity index (χ4v) is 3.01. The van der Waals surface area contributed by atoms with Gasteiger partial charge >= 0.3 is 0 Å². The fourth-order valence-electron chi connectivity index (χ4n) is 2.85. The highest BCUT2D eigenvalue weighted by Crippen LogP contribution is 2.20. The number of aromatic nitrogens is 2. The molecule has 0 saturated carbocycles. The largest absolute Gasteiger partial charge is 0.368 e. The van der Waals surface area contributed by atoms with Crippen LogP contribution in [-0.4, -0.2) is 21.3 Å². The van der Waals surface area contributed by atoms with Gasteiger partial charge < -0.3 is 10.6 Å². The van der Waals surface area contributed by atoms with E-state index in [0.29, 0.717) is 17.1 Å². The van der Waals surface area contributed by atoms with Gasteiger partial charge in [0.15, 0.2) is 0 Å². The van der Waals surface area contributed by atoms with Crippen molar-refractivity contribution in [2.24, 2.45) is 7.05 Å². The molecule has 0 aliphatic carbocycles. The molecule has 3 aromatic rings. The third-order valence-corrected chi connectivity index (χ3v) is 4.73. The number of halogens is 2. The Morgan fingerprint density at radius 1 is 1.18 bits per heavy atom. The molecule has 28 heavy (non-hydrogen) atoms. The second-order valence-corrected chi connectivity index (χ2v) is 6.85. The molecule has 1 unspecified atom stereocenters. The lowest BCUT2D eigenvalue weighted by atomic mass is 10.2. The van der Waals surface area contributed by atoms with Crippen LogP contribution in [-0.2, 0) is 11.8 Å². The molecular formula is C20H20ClFN4O2. The summed E-state index contributed by atoms with van der Waals surface area (Å²) in [6.45, 7) is 3.38. The van der Waals surface area contributed by atoms with Gasteiger partial charge in [-0.1, -0.05) is 29.8 Å². The summed E-state index contributed by atoms with van der Waals surface area (Å²) in [7, 11) is 1.77. The van der Waals surface area contributed by atoms with Gasteiger partial charge in [0.2, 0.25) is 5.91 Å². The van der Waals surface area contributed by atoms with Crippen molar-refractivity contribution in [1.29, 1.82) is 0 Å². The SMILES string of the molecule is Cc1c(NC(C)C(=O)Nc2ccc(Cl)cc2F)c(=O)n(-c2ccccc2)n1C. The van der Waals surface area contributed by atoms with Crippen molar-refractivity contribution in [2.75, 3.05) is 10.6 Å². The maximum absolute atomic E-state index is 13.9. The van der Waals surface area contributed by atoms with Crippen molar-refractivity contribution in [3.8, 4) is 5.69 Å². The number of carbonyl (C=O) groups excluding carboxylic acids is 1. The Labute approximate surface area is 166 Å². The van der Waals surface area contributed by atoms with Crippen LogP contribution in [0.2, 0.25) is 5.02 Å². The summed E-state index contributed by atoms with van der Waals surface area (Å²) in [5.41, 5.74) is 1.45. The number of hydrogen-bond acceptors (Lipinski definition) is 3. The van der Waals surface area contributed by atoms with E-state index in [2.05, 4.69) is 10.6 Å². The Bertz CT molecular complexity index is 1080. The zero-order valence-electron chi connectivity index (χ0n) is 15.7. The van der Waals surface area contributed by atoms with Gasteiger partial charge in [0.1, 0.15) is 17.5 Å². The summed E-state index contributed by atoms with van der Waals surface area (Å²) < 4.78 is 17.1. The lowest BCUT2D eigenvalue weighted by Crippen LogP contribution is -2.34. The van der Waals surface area contributed by atoms with E-state index in [9.17, 15) is 14.0 Å². The van der Waals surface area contributed by atoms with Crippen molar-refractivity contribution in [2.45, 2.75) is 19.9 Å². The van der Waals surface area contributed by atoms with Crippen LogP contribution in [0.3, 0.4) is 0 Å². The number of hydrogen-bond donors (Lipinski definition) is 2. The number of nitrogens with one attached hydrogen (secondary N) is 2. The maximum Gasteiger partial charge on any atom is 0.295 e. The molecular weight excluding hydrogens is 383 g/mol. The Balaban J connectivity index is 1.83. The molecule has 0 aliphatic rings. The molecule has 2 N–H and O–H groups in total. The lowest BCUT2D eigenvalue weighted by molar-refractivity contribution is -0.116. The van der Waals surface area contributed by atoms with Crippen LogP contribution in [0.1, 0.15) is 12.6 Å². The van der Waals surface area contributed by atoms with E-state index in [1.165, 1.54) is 16.8 Å². The summed E-state index contributed by atoms with van der Waals surface area (Å²) in [5, 5.41) is 5.68. The van der Waals surface area contributed by atoms with Crippen molar-refractivity contribution >= 4 is 28.9 Å². The molecule has 0 fully saturated rings. The minimum atomic E-state index is -0.770. The van der Waals surface area contributed by atoms with Crippen molar-refractivity contribution in [3.05, 3.63) is 75.4 Å². The first kappa shape index (κ1) is 19.7. The maximum atomic E-state index is 13.9. The van der Waals surface area contributed by atoms with Gasteiger partial charge in [0.25, 0.3) is 5.56 Å². The summed E-state index contributed by atoms with van der Waals surface area (Å²) in [4.78, 5) is 25.3. The number of amides is 1. The fraction of sp³-hybridized carbons (Fsp3) is 0.200. The van der Waals surface area contributed by atoms with Crippen LogP contribution < -0.4 is 16.2 Å². The van der Waals surface area contributed by atoms with Crippen LogP contribution >= 0.6 is 11.6 Å². The third-order valence-electron chi connectivity index (χ3n) is 4.50. The van der Waals surface area contributed by atoms with E-state index in [-0.39, 0.29) is 16.3 Å². The summed E-state index contributed by atoms with van der Waals surface area (Å²) in [6, 6.07) is 12.4. The topological polar surface area (TPSA) is 68.1 Å². The van der Waals surface area contributed by atoms with Gasteiger partial charge in [0.05, 0.1) is 17.1 Å². The molecule has 1 aromatic heterocycles. The first-order valence-corrected chi connectivity index (χ1v) is 9.04. The molecule has 2 aromatic carbocycles. The highest BCUT2D eigenvalue weighted by molar-refractivity contribution is 6.30. The molecule has 8 heteroatoms. The predicted octanol–water partition coefficient (Wildman–Crippen LogP) is 3.72. The number of para-hydroxylation sites is 1. The molecule has 0 bridgehead atoms. The monoisotopic (exact) mass is 402 g/mol. The molecule has 0 spiro atoms. The van der Waals surface area contributed by atoms with E-state index in [4.69, 9.17) is 11.6 Å². The van der Waals surface area contributed by atoms with Crippen LogP contribution in [0.4, 0.5) is 15.8 Å². The number of benzene rings is 2. The third kappa shape index (κ3) is 3.80. The van der Waals surface area contributed by atoms with Gasteiger partial charge in [-0.3, -0.25) is 14.3 Å². The molecule has 1 heterocycles. The van der Waals surface area contributed by atoms with Gasteiger partial charge in [-0.05, 0) is 44.2 Å². The smallest absolute Gasteiger partial charge is 0.295 e. The number of nitrogens with zero attached hydrogens (tertiary/aromatic N) is 2. The Morgan fingerprint density at radius 2 is 1.86 bits per heavy atom. The molecule has 6 nitrogen and oxygen atoms in total. The first-order chi connectivity index (χ1) is 13.3. The molecule has 1 amide bonds. The zero-order chi connectivity index (χ0) is 20.4. The number of carbonyl (C=O) groups is 1. The van der Waals surface area contributed by atoms with Crippen molar-refractivity contribution < 1.29 is 9.18 Å². The lowest BCUT2D eigenvalue weighted by Gasteiger charge is -2.15. The number of rotatable bonds is 5. The van der Waals surface area contributed by atoms with Crippen LogP contribution in [0.25, 0.3) is 5.69 Å². The first-order valence-electron chi connectivity index (χ1n) is 8.66. The standard InChI is InChI=1S/C20H20ClFN4O2/c1-12(19(27)24-17-10-9-14(21)11-16(17)22)23-18-13(2)25(3)26(20(18)28)15-7-5-4-6-8-15/h4-12,23H,1-3H3,(H,24,27). The van der Waals surface area contributed by atoms with Crippen LogP contribution in [0, 0.1) is 12.7 Å². The Hall–Kier alpha value is -3.06. The van der Waals surface area contributed by atoms with E-state index in [1.54, 1.807) is 25.6 Å². The average Bonchev–Trinajstić information content (AvgIpc) is 2.88. The minimum Gasteiger partial charge on any atom is -0.368 e. The quantitative estimate of drug-likeness (QED) is 0.683. The van der Waals surface area contributed by atoms with Crippen LogP contribution in [0.15, 0.2) is 53.3 Å². The highest BCUT2D eigenvalue weighted by atomic mass is 35.5. The van der Waals surface area contributed by atoms with Gasteiger partial charge in [-0.2, -0.15) is 0 Å². The number of anilines is 2. The second kappa shape index (κ2) is 7.90. The van der Waals surface area contributed by atoms with Gasteiger partial charge in [-0.25, -0.2) is 9.07 Å². The van der Waals surface area contributed by atoms with Crippen molar-refractivity contribution in [3.63, 3.8) is 0 Å². The molecule has 146 valence electrons. The molecule has 3 rings (SSSR count). The molecule has 0 saturated heterocycles. The Morgan fingerprint density at radius 3 is 2.50 bits per heavy atom. The molecule has 0 radical (unpaired) electrons. The predicted molar refractivity (Wildman–Crippen MR) is 109 cm³/mol. The van der Waals surface area contributed by atoms with E-state index in [0.717, 1.165) is 6.07 Å². The van der Waals surface area contributed by atoms with E-state index >= 15 is 0 Å². The van der Waals surface area contributed by atoms with E-state index < -0.39 is 17.8 Å². The summed E-state index contributed by atoms with van der Waals surface area (Å²) in [6.07, 6.45) is 0. The summed E-state index contributed by atoms with van der Waals surface area (Å²) >= 11 is 5.72. The van der Waals surface area contributed by atoms with Gasteiger partial charge in [-0.15, -0.1) is 0 Å². The minimum absolute atomic E-state index is 0.0227. The van der Waals surface area contributed by atoms with Gasteiger partial charge in [0, 0.05) is 12.1 Å². The van der Waals surface area contributed by atoms with E-state index in [1.807, 2.05) is 30.3 Å². The highest BCUT2D eigenvalue weighted by Gasteiger charge is 2.21. The molecule has 1 atom stereocenters. The normalized spacial score (nSPS) is 11.9. The second-order valence-electron chi connectivity index (χ2n) is 6.42. The average molecular weight is 403 g/mol. The van der Waals surface area contributed by atoms with Crippen LogP contribution in [0.5, 0.6) is 0 Å². The molecule has 0 aliphatic heterocycles. The zero-order valence-corrected chi connectivity index (χ0v) is 16.4. The Kier molecular flexibility index (Phi) is 5.56.